The van der Waals surface area contributed by atoms with Crippen molar-refractivity contribution in [1.29, 1.82) is 0 Å². The molecule has 6 aromatic carbocycles. The van der Waals surface area contributed by atoms with Gasteiger partial charge in [-0.1, -0.05) is 135 Å². The number of ether oxygens (including phenoxy) is 1. The molecule has 0 aliphatic heterocycles. The molecular weight excluding hydrogens is 827 g/mol. The van der Waals surface area contributed by atoms with Gasteiger partial charge in [-0.2, -0.15) is 18.2 Å². The fraction of sp³-hybridized carbons (Fsp3) is 0.0889. The molecule has 8 aromatic rings. The van der Waals surface area contributed by atoms with Crippen molar-refractivity contribution in [2.24, 2.45) is 0 Å². The van der Waals surface area contributed by atoms with Gasteiger partial charge in [0.15, 0.2) is 0 Å². The van der Waals surface area contributed by atoms with Gasteiger partial charge in [0.1, 0.15) is 13.0 Å². The fourth-order valence-corrected chi connectivity index (χ4v) is 8.88. The van der Waals surface area contributed by atoms with Crippen molar-refractivity contribution in [2.75, 3.05) is 0 Å². The average molecular weight is 867 g/mol. The van der Waals surface area contributed by atoms with Gasteiger partial charge >= 0.3 is 21.1 Å². The summed E-state index contributed by atoms with van der Waals surface area (Å²) in [5, 5.41) is 3.49. The number of pyridine rings is 1. The summed E-state index contributed by atoms with van der Waals surface area (Å²) in [5.74, 6) is 1.44. The van der Waals surface area contributed by atoms with Crippen molar-refractivity contribution in [3.8, 4) is 28.4 Å². The maximum absolute atomic E-state index is 15.1. The minimum Gasteiger partial charge on any atom is -0.509 e. The number of nitrogens with zero attached hydrogens (tertiary/aromatic N) is 2. The van der Waals surface area contributed by atoms with Gasteiger partial charge in [-0.3, -0.25) is 0 Å². The van der Waals surface area contributed by atoms with Gasteiger partial charge in [0.25, 0.3) is 0 Å². The van der Waals surface area contributed by atoms with Crippen LogP contribution in [0.3, 0.4) is 0 Å². The standard InChI is InChI=1S/C45H35N2O2P.Pt/c1-45(2,3)34-26-27-46-44(29-34)47-42-25-22-33(32-14-7-4-8-15-32)28-41(42)40-24-23-36(31-43(40)47)49-35-16-13-21-39(30-35)50(48,37-17-9-5-10-18-37)38-19-11-6-12-20-38;/h4-29H,1-3H3;/q-2;+2/i4D,7D,8D,14D,15D;. The summed E-state index contributed by atoms with van der Waals surface area (Å²) in [7, 11) is -3.30. The van der Waals surface area contributed by atoms with Crippen LogP contribution in [0.15, 0.2) is 158 Å². The summed E-state index contributed by atoms with van der Waals surface area (Å²) in [4.78, 5) is 4.78. The predicted molar refractivity (Wildman–Crippen MR) is 206 cm³/mol. The van der Waals surface area contributed by atoms with Crippen molar-refractivity contribution in [3.63, 3.8) is 0 Å². The van der Waals surface area contributed by atoms with Crippen LogP contribution in [0.2, 0.25) is 0 Å². The minimum atomic E-state index is -3.30. The third-order valence-electron chi connectivity index (χ3n) is 8.83. The van der Waals surface area contributed by atoms with E-state index in [1.807, 2.05) is 108 Å². The molecule has 0 atom stereocenters. The topological polar surface area (TPSA) is 44.1 Å². The van der Waals surface area contributed by atoms with Crippen molar-refractivity contribution in [2.45, 2.75) is 26.2 Å². The smallest absolute Gasteiger partial charge is 0.509 e. The maximum Gasteiger partial charge on any atom is 2.00 e. The van der Waals surface area contributed by atoms with Gasteiger partial charge in [0.05, 0.1) is 6.85 Å². The molecule has 0 amide bonds. The van der Waals surface area contributed by atoms with Crippen LogP contribution >= 0.6 is 7.14 Å². The molecule has 0 saturated heterocycles. The van der Waals surface area contributed by atoms with Crippen molar-refractivity contribution in [3.05, 3.63) is 175 Å². The van der Waals surface area contributed by atoms with Crippen LogP contribution in [0.1, 0.15) is 33.2 Å². The largest absolute Gasteiger partial charge is 2.00 e. The number of rotatable bonds is 7. The molecule has 6 heteroatoms. The number of aromatic nitrogens is 2. The van der Waals surface area contributed by atoms with E-state index in [0.29, 0.717) is 44.3 Å². The van der Waals surface area contributed by atoms with E-state index >= 15 is 4.57 Å². The van der Waals surface area contributed by atoms with E-state index in [1.54, 1.807) is 24.4 Å². The van der Waals surface area contributed by atoms with Crippen LogP contribution in [0.25, 0.3) is 38.8 Å². The summed E-state index contributed by atoms with van der Waals surface area (Å²) in [6.45, 7) is 6.42. The zero-order valence-corrected chi connectivity index (χ0v) is 31.3. The average Bonchev–Trinajstić information content (AvgIpc) is 3.52. The Balaban J connectivity index is 0.00000480. The molecule has 0 N–H and O–H groups in total. The van der Waals surface area contributed by atoms with E-state index in [2.05, 4.69) is 32.9 Å². The SMILES string of the molecule is [2H]c1c([2H])c([2H])c(-c2ccc3c(c2)c2ccc(Oc4[c-]c(P(=O)(c5ccccc5)c5ccccc5)ccc4)[c-]c2n3-c2cc(C(C)(C)C)ccn2)c([2H])c1[2H].[Pt+2]. The number of fused-ring (bicyclic) bond motifs is 3. The number of hydrogen-bond donors (Lipinski definition) is 0. The Labute approximate surface area is 320 Å². The first-order valence-electron chi connectivity index (χ1n) is 18.8. The van der Waals surface area contributed by atoms with Crippen LogP contribution in [0.4, 0.5) is 0 Å². The molecule has 252 valence electrons. The molecule has 2 aromatic heterocycles. The summed E-state index contributed by atoms with van der Waals surface area (Å²) in [5.41, 5.74) is 3.01. The van der Waals surface area contributed by atoms with Gasteiger partial charge in [-0.05, 0) is 45.7 Å². The maximum atomic E-state index is 15.1. The first kappa shape index (κ1) is 28.7. The molecule has 0 bridgehead atoms. The van der Waals surface area contributed by atoms with Crippen LogP contribution in [-0.4, -0.2) is 9.55 Å². The third-order valence-corrected chi connectivity index (χ3v) is 11.8. The fourth-order valence-electron chi connectivity index (χ4n) is 6.28. The zero-order chi connectivity index (χ0) is 38.6. The van der Waals surface area contributed by atoms with E-state index < -0.39 is 13.2 Å². The van der Waals surface area contributed by atoms with Crippen LogP contribution < -0.4 is 20.7 Å². The zero-order valence-electron chi connectivity index (χ0n) is 33.1. The Morgan fingerprint density at radius 1 is 0.706 bits per heavy atom. The quantitative estimate of drug-likeness (QED) is 0.118. The predicted octanol–water partition coefficient (Wildman–Crippen LogP) is 10.2. The second kappa shape index (κ2) is 14.0. The number of hydrogen-bond acceptors (Lipinski definition) is 3. The Hall–Kier alpha value is -5.01. The van der Waals surface area contributed by atoms with E-state index in [0.717, 1.165) is 21.9 Å². The van der Waals surface area contributed by atoms with Crippen molar-refractivity contribution in [1.82, 2.24) is 9.55 Å². The van der Waals surface area contributed by atoms with Crippen molar-refractivity contribution >= 4 is 44.9 Å². The van der Waals surface area contributed by atoms with Crippen molar-refractivity contribution < 1.29 is 37.2 Å². The second-order valence-electron chi connectivity index (χ2n) is 13.1. The molecule has 0 radical (unpaired) electrons. The van der Waals surface area contributed by atoms with Gasteiger partial charge in [0.2, 0.25) is 0 Å². The van der Waals surface area contributed by atoms with Gasteiger partial charge < -0.3 is 13.9 Å². The molecule has 0 saturated carbocycles. The summed E-state index contributed by atoms with van der Waals surface area (Å²) in [6.07, 6.45) is 1.78. The molecule has 0 fully saturated rings. The number of benzene rings is 6. The Morgan fingerprint density at radius 3 is 2.08 bits per heavy atom. The summed E-state index contributed by atoms with van der Waals surface area (Å²) >= 11 is 0. The van der Waals surface area contributed by atoms with Crippen LogP contribution in [-0.2, 0) is 31.0 Å². The Morgan fingerprint density at radius 2 is 1.39 bits per heavy atom. The third kappa shape index (κ3) is 6.51. The molecule has 8 rings (SSSR count). The second-order valence-corrected chi connectivity index (χ2v) is 15.8. The van der Waals surface area contributed by atoms with E-state index in [-0.39, 0.29) is 56.2 Å². The summed E-state index contributed by atoms with van der Waals surface area (Å²) < 4.78 is 65.3. The van der Waals surface area contributed by atoms with Gasteiger partial charge in [-0.25, -0.2) is 4.98 Å². The molecule has 0 aliphatic rings. The first-order valence-corrected chi connectivity index (χ1v) is 18.0. The monoisotopic (exact) mass is 866 g/mol. The first-order chi connectivity index (χ1) is 26.4. The Kier molecular flexibility index (Phi) is 7.84. The van der Waals surface area contributed by atoms with Gasteiger partial charge in [-0.15, -0.1) is 29.7 Å². The molecule has 4 nitrogen and oxygen atoms in total. The van der Waals surface area contributed by atoms with Crippen LogP contribution in [0.5, 0.6) is 11.5 Å². The summed E-state index contributed by atoms with van der Waals surface area (Å²) in [6, 6.07) is 42.6. The molecule has 0 aliphatic carbocycles. The van der Waals surface area contributed by atoms with Crippen LogP contribution in [0, 0.1) is 12.1 Å². The van der Waals surface area contributed by atoms with E-state index in [9.17, 15) is 0 Å². The van der Waals surface area contributed by atoms with Gasteiger partial charge in [0, 0.05) is 33.8 Å². The molecular formula is C45H35N2O2PPt. The normalized spacial score (nSPS) is 13.1. The Bertz CT molecular complexity index is 2750. The minimum absolute atomic E-state index is 0. The molecule has 0 spiro atoms. The molecule has 51 heavy (non-hydrogen) atoms. The molecule has 0 unspecified atom stereocenters. The molecule has 2 heterocycles. The van der Waals surface area contributed by atoms with E-state index in [4.69, 9.17) is 16.6 Å². The van der Waals surface area contributed by atoms with E-state index in [1.165, 1.54) is 0 Å².